The number of hydrogen-bond donors (Lipinski definition) is 1. The predicted molar refractivity (Wildman–Crippen MR) is 62.3 cm³/mol. The molecule has 0 amide bonds. The van der Waals surface area contributed by atoms with E-state index in [-0.39, 0.29) is 0 Å². The van der Waals surface area contributed by atoms with Gasteiger partial charge >= 0.3 is 0 Å². The molecule has 1 saturated heterocycles. The first kappa shape index (κ1) is 12.0. The molecule has 0 bridgehead atoms. The van der Waals surface area contributed by atoms with E-state index in [4.69, 9.17) is 5.73 Å². The van der Waals surface area contributed by atoms with Crippen LogP contribution in [0, 0.1) is 11.8 Å². The zero-order chi connectivity index (χ0) is 10.4. The monoisotopic (exact) mass is 198 g/mol. The van der Waals surface area contributed by atoms with Gasteiger partial charge in [0.2, 0.25) is 0 Å². The first-order valence-corrected chi connectivity index (χ1v) is 6.14. The minimum absolute atomic E-state index is 0.815. The largest absolute Gasteiger partial charge is 0.330 e. The number of nitrogens with zero attached hydrogens (tertiary/aromatic N) is 1. The molecule has 14 heavy (non-hydrogen) atoms. The Morgan fingerprint density at radius 2 is 1.93 bits per heavy atom. The van der Waals surface area contributed by atoms with Crippen LogP contribution in [0.5, 0.6) is 0 Å². The van der Waals surface area contributed by atoms with Gasteiger partial charge in [-0.3, -0.25) is 0 Å². The molecule has 0 spiro atoms. The molecule has 1 rings (SSSR count). The smallest absolute Gasteiger partial charge is 0.000439 e. The fourth-order valence-electron chi connectivity index (χ4n) is 2.38. The highest BCUT2D eigenvalue weighted by Gasteiger charge is 2.18. The zero-order valence-electron chi connectivity index (χ0n) is 9.84. The number of rotatable bonds is 5. The van der Waals surface area contributed by atoms with Crippen LogP contribution in [0.1, 0.15) is 39.5 Å². The minimum Gasteiger partial charge on any atom is -0.330 e. The Morgan fingerprint density at radius 3 is 2.43 bits per heavy atom. The lowest BCUT2D eigenvalue weighted by molar-refractivity contribution is 0.162. The van der Waals surface area contributed by atoms with E-state index in [9.17, 15) is 0 Å². The summed E-state index contributed by atoms with van der Waals surface area (Å²) in [5.41, 5.74) is 5.53. The van der Waals surface area contributed by atoms with Crippen LogP contribution >= 0.6 is 0 Å². The second-order valence-corrected chi connectivity index (χ2v) is 5.07. The van der Waals surface area contributed by atoms with Gasteiger partial charge in [0.05, 0.1) is 0 Å². The molecule has 0 aliphatic carbocycles. The van der Waals surface area contributed by atoms with Crippen LogP contribution < -0.4 is 5.73 Å². The summed E-state index contributed by atoms with van der Waals surface area (Å²) in [6, 6.07) is 0. The average Bonchev–Trinajstić information content (AvgIpc) is 2.16. The predicted octanol–water partition coefficient (Wildman–Crippen LogP) is 2.09. The van der Waals surface area contributed by atoms with Gasteiger partial charge in [0, 0.05) is 6.54 Å². The summed E-state index contributed by atoms with van der Waals surface area (Å²) in [5, 5.41) is 0. The van der Waals surface area contributed by atoms with Crippen molar-refractivity contribution in [2.45, 2.75) is 39.5 Å². The summed E-state index contributed by atoms with van der Waals surface area (Å²) in [6.45, 7) is 9.39. The maximum Gasteiger partial charge on any atom is 0.000439 e. The molecule has 0 aromatic carbocycles. The van der Waals surface area contributed by atoms with Gasteiger partial charge in [-0.1, -0.05) is 13.8 Å². The third-order valence-corrected chi connectivity index (χ3v) is 3.15. The molecule has 0 aromatic heterocycles. The van der Waals surface area contributed by atoms with Crippen molar-refractivity contribution in [3.05, 3.63) is 0 Å². The van der Waals surface area contributed by atoms with Crippen molar-refractivity contribution in [2.75, 3.05) is 26.2 Å². The third-order valence-electron chi connectivity index (χ3n) is 3.15. The summed E-state index contributed by atoms with van der Waals surface area (Å²) >= 11 is 0. The SMILES string of the molecule is CC(C)CN1CCC(CCCN)CC1. The zero-order valence-corrected chi connectivity index (χ0v) is 9.84. The van der Waals surface area contributed by atoms with Crippen molar-refractivity contribution in [3.8, 4) is 0 Å². The first-order valence-electron chi connectivity index (χ1n) is 6.14. The highest BCUT2D eigenvalue weighted by Crippen LogP contribution is 2.21. The van der Waals surface area contributed by atoms with E-state index >= 15 is 0 Å². The lowest BCUT2D eigenvalue weighted by Gasteiger charge is -2.32. The number of piperidine rings is 1. The number of nitrogens with two attached hydrogens (primary N) is 1. The van der Waals surface area contributed by atoms with Crippen molar-refractivity contribution < 1.29 is 0 Å². The van der Waals surface area contributed by atoms with Gasteiger partial charge in [-0.05, 0) is 57.2 Å². The van der Waals surface area contributed by atoms with Crippen LogP contribution in [0.2, 0.25) is 0 Å². The number of likely N-dealkylation sites (tertiary alicyclic amines) is 1. The summed E-state index contributed by atoms with van der Waals surface area (Å²) in [7, 11) is 0. The molecule has 0 atom stereocenters. The van der Waals surface area contributed by atoms with Crippen molar-refractivity contribution in [2.24, 2.45) is 17.6 Å². The molecule has 2 heteroatoms. The molecule has 1 aliphatic heterocycles. The Hall–Kier alpha value is -0.0800. The molecular weight excluding hydrogens is 172 g/mol. The van der Waals surface area contributed by atoms with Gasteiger partial charge in [-0.15, -0.1) is 0 Å². The topological polar surface area (TPSA) is 29.3 Å². The second kappa shape index (κ2) is 6.41. The maximum absolute atomic E-state index is 5.53. The summed E-state index contributed by atoms with van der Waals surface area (Å²) < 4.78 is 0. The molecule has 0 saturated carbocycles. The Morgan fingerprint density at radius 1 is 1.29 bits per heavy atom. The molecule has 0 radical (unpaired) electrons. The second-order valence-electron chi connectivity index (χ2n) is 5.07. The molecule has 0 unspecified atom stereocenters. The summed E-state index contributed by atoms with van der Waals surface area (Å²) in [5.74, 6) is 1.78. The Bertz CT molecular complexity index is 137. The number of hydrogen-bond acceptors (Lipinski definition) is 2. The van der Waals surface area contributed by atoms with Gasteiger partial charge < -0.3 is 10.6 Å². The highest BCUT2D eigenvalue weighted by atomic mass is 15.1. The molecule has 84 valence electrons. The van der Waals surface area contributed by atoms with Crippen molar-refractivity contribution >= 4 is 0 Å². The van der Waals surface area contributed by atoms with Gasteiger partial charge in [0.15, 0.2) is 0 Å². The van der Waals surface area contributed by atoms with E-state index in [0.717, 1.165) is 18.4 Å². The van der Waals surface area contributed by atoms with E-state index in [1.807, 2.05) is 0 Å². The normalized spacial score (nSPS) is 20.6. The Kier molecular flexibility index (Phi) is 5.49. The van der Waals surface area contributed by atoms with Crippen molar-refractivity contribution in [1.82, 2.24) is 4.90 Å². The van der Waals surface area contributed by atoms with Crippen LogP contribution in [-0.4, -0.2) is 31.1 Å². The van der Waals surface area contributed by atoms with Gasteiger partial charge in [-0.25, -0.2) is 0 Å². The minimum atomic E-state index is 0.815. The maximum atomic E-state index is 5.53. The molecule has 1 heterocycles. The van der Waals surface area contributed by atoms with Gasteiger partial charge in [-0.2, -0.15) is 0 Å². The fraction of sp³-hybridized carbons (Fsp3) is 1.00. The van der Waals surface area contributed by atoms with Crippen LogP contribution in [0.3, 0.4) is 0 Å². The van der Waals surface area contributed by atoms with Crippen LogP contribution in [0.4, 0.5) is 0 Å². The van der Waals surface area contributed by atoms with Crippen molar-refractivity contribution in [3.63, 3.8) is 0 Å². The van der Waals surface area contributed by atoms with Crippen LogP contribution in [0.15, 0.2) is 0 Å². The summed E-state index contributed by atoms with van der Waals surface area (Å²) in [4.78, 5) is 2.61. The molecular formula is C12H26N2. The van der Waals surface area contributed by atoms with Gasteiger partial charge in [0.25, 0.3) is 0 Å². The molecule has 1 aliphatic rings. The Balaban J connectivity index is 2.11. The highest BCUT2D eigenvalue weighted by molar-refractivity contribution is 4.72. The molecule has 2 N–H and O–H groups in total. The van der Waals surface area contributed by atoms with E-state index in [2.05, 4.69) is 18.7 Å². The Labute approximate surface area is 88.8 Å². The molecule has 0 aromatic rings. The molecule has 2 nitrogen and oxygen atoms in total. The lowest BCUT2D eigenvalue weighted by Crippen LogP contribution is -2.36. The average molecular weight is 198 g/mol. The van der Waals surface area contributed by atoms with E-state index in [0.29, 0.717) is 0 Å². The lowest BCUT2D eigenvalue weighted by atomic mass is 9.92. The fourth-order valence-corrected chi connectivity index (χ4v) is 2.38. The van der Waals surface area contributed by atoms with Crippen molar-refractivity contribution in [1.29, 1.82) is 0 Å². The van der Waals surface area contributed by atoms with E-state index < -0.39 is 0 Å². The first-order chi connectivity index (χ1) is 6.72. The standard InChI is InChI=1S/C12H26N2/c1-11(2)10-14-8-5-12(6-9-14)4-3-7-13/h11-12H,3-10,13H2,1-2H3. The van der Waals surface area contributed by atoms with Crippen LogP contribution in [0.25, 0.3) is 0 Å². The quantitative estimate of drug-likeness (QED) is 0.733. The van der Waals surface area contributed by atoms with E-state index in [1.54, 1.807) is 0 Å². The molecule has 1 fully saturated rings. The van der Waals surface area contributed by atoms with Gasteiger partial charge in [0.1, 0.15) is 0 Å². The summed E-state index contributed by atoms with van der Waals surface area (Å²) in [6.07, 6.45) is 5.36. The van der Waals surface area contributed by atoms with E-state index in [1.165, 1.54) is 45.3 Å². The van der Waals surface area contributed by atoms with Crippen LogP contribution in [-0.2, 0) is 0 Å². The third kappa shape index (κ3) is 4.43.